The van der Waals surface area contributed by atoms with Gasteiger partial charge in [0.1, 0.15) is 0 Å². The summed E-state index contributed by atoms with van der Waals surface area (Å²) in [7, 11) is 0. The molecule has 19 heavy (non-hydrogen) atoms. The predicted octanol–water partition coefficient (Wildman–Crippen LogP) is 3.99. The predicted molar refractivity (Wildman–Crippen MR) is 81.5 cm³/mol. The zero-order valence-corrected chi connectivity index (χ0v) is 12.3. The Morgan fingerprint density at radius 2 is 1.89 bits per heavy atom. The number of hydrogen-bond donors (Lipinski definition) is 2. The Balaban J connectivity index is 1.90. The third kappa shape index (κ3) is 4.54. The number of hydrogen-bond acceptors (Lipinski definition) is 2. The van der Waals surface area contributed by atoms with Crippen molar-refractivity contribution in [2.45, 2.75) is 58.4 Å². The molecule has 2 nitrogen and oxygen atoms in total. The molecule has 0 aliphatic heterocycles. The number of rotatable bonds is 4. The van der Waals surface area contributed by atoms with Gasteiger partial charge in [-0.1, -0.05) is 32.4 Å². The van der Waals surface area contributed by atoms with Gasteiger partial charge in [0.2, 0.25) is 0 Å². The Morgan fingerprint density at radius 1 is 1.16 bits per heavy atom. The maximum absolute atomic E-state index is 8.91. The molecule has 1 atom stereocenters. The lowest BCUT2D eigenvalue weighted by molar-refractivity contribution is 0.299. The zero-order chi connectivity index (χ0) is 13.7. The molecule has 1 saturated carbocycles. The van der Waals surface area contributed by atoms with Crippen molar-refractivity contribution in [3.05, 3.63) is 29.8 Å². The van der Waals surface area contributed by atoms with Crippen LogP contribution in [0, 0.1) is 5.41 Å². The van der Waals surface area contributed by atoms with E-state index in [-0.39, 0.29) is 6.61 Å². The average molecular weight is 261 g/mol. The van der Waals surface area contributed by atoms with E-state index in [1.165, 1.54) is 43.4 Å². The molecule has 1 aliphatic rings. The van der Waals surface area contributed by atoms with Crippen LogP contribution < -0.4 is 5.32 Å². The Kier molecular flexibility index (Phi) is 4.87. The fraction of sp³-hybridized carbons (Fsp3) is 0.647. The molecular formula is C17H27NO. The highest BCUT2D eigenvalue weighted by Gasteiger charge is 2.24. The Hall–Kier alpha value is -1.02. The molecule has 1 fully saturated rings. The number of aliphatic hydroxyl groups is 1. The van der Waals surface area contributed by atoms with Crippen molar-refractivity contribution in [2.75, 3.05) is 11.9 Å². The van der Waals surface area contributed by atoms with E-state index in [0.717, 1.165) is 6.42 Å². The molecule has 0 heterocycles. The largest absolute Gasteiger partial charge is 0.396 e. The van der Waals surface area contributed by atoms with Crippen LogP contribution in [0.3, 0.4) is 0 Å². The van der Waals surface area contributed by atoms with Crippen molar-refractivity contribution < 1.29 is 5.11 Å². The molecule has 1 aromatic rings. The van der Waals surface area contributed by atoms with Crippen molar-refractivity contribution >= 4 is 5.69 Å². The van der Waals surface area contributed by atoms with Crippen LogP contribution in [0.4, 0.5) is 5.69 Å². The summed E-state index contributed by atoms with van der Waals surface area (Å²) in [6.07, 6.45) is 7.28. The van der Waals surface area contributed by atoms with E-state index in [2.05, 4.69) is 43.4 Å². The minimum Gasteiger partial charge on any atom is -0.396 e. The molecule has 1 unspecified atom stereocenters. The normalized spacial score (nSPS) is 22.8. The minimum absolute atomic E-state index is 0.227. The highest BCUT2D eigenvalue weighted by Crippen LogP contribution is 2.34. The second-order valence-electron chi connectivity index (χ2n) is 6.61. The molecule has 0 aromatic heterocycles. The molecule has 2 heteroatoms. The van der Waals surface area contributed by atoms with Crippen LogP contribution in [0.25, 0.3) is 0 Å². The minimum atomic E-state index is 0.227. The molecule has 1 aromatic carbocycles. The zero-order valence-electron chi connectivity index (χ0n) is 12.3. The summed E-state index contributed by atoms with van der Waals surface area (Å²) in [5, 5.41) is 12.6. The number of aliphatic hydroxyl groups excluding tert-OH is 1. The molecule has 0 radical (unpaired) electrons. The van der Waals surface area contributed by atoms with Crippen molar-refractivity contribution in [1.82, 2.24) is 0 Å². The number of anilines is 1. The van der Waals surface area contributed by atoms with Crippen LogP contribution >= 0.6 is 0 Å². The second-order valence-corrected chi connectivity index (χ2v) is 6.61. The molecule has 0 spiro atoms. The molecule has 1 aliphatic carbocycles. The number of nitrogens with one attached hydrogen (secondary N) is 1. The van der Waals surface area contributed by atoms with Gasteiger partial charge in [0.25, 0.3) is 0 Å². The van der Waals surface area contributed by atoms with Gasteiger partial charge < -0.3 is 10.4 Å². The van der Waals surface area contributed by atoms with Gasteiger partial charge in [0, 0.05) is 18.3 Å². The maximum atomic E-state index is 8.91. The summed E-state index contributed by atoms with van der Waals surface area (Å²) in [5.74, 6) is 0. The summed E-state index contributed by atoms with van der Waals surface area (Å²) in [4.78, 5) is 0. The molecular weight excluding hydrogens is 234 g/mol. The van der Waals surface area contributed by atoms with Gasteiger partial charge in [0.15, 0.2) is 0 Å². The Morgan fingerprint density at radius 3 is 2.58 bits per heavy atom. The highest BCUT2D eigenvalue weighted by molar-refractivity contribution is 5.45. The summed E-state index contributed by atoms with van der Waals surface area (Å²) >= 11 is 0. The maximum Gasteiger partial charge on any atom is 0.0471 e. The van der Waals surface area contributed by atoms with Crippen molar-refractivity contribution in [3.63, 3.8) is 0 Å². The van der Waals surface area contributed by atoms with Crippen LogP contribution in [0.15, 0.2) is 24.3 Å². The monoisotopic (exact) mass is 261 g/mol. The molecule has 0 saturated heterocycles. The van der Waals surface area contributed by atoms with E-state index in [4.69, 9.17) is 5.11 Å². The molecule has 0 bridgehead atoms. The molecule has 106 valence electrons. The van der Waals surface area contributed by atoms with Crippen molar-refractivity contribution in [3.8, 4) is 0 Å². The molecule has 2 rings (SSSR count). The lowest BCUT2D eigenvalue weighted by Crippen LogP contribution is -2.19. The van der Waals surface area contributed by atoms with Gasteiger partial charge in [0.05, 0.1) is 0 Å². The van der Waals surface area contributed by atoms with Crippen LogP contribution in [0.1, 0.15) is 51.5 Å². The topological polar surface area (TPSA) is 32.3 Å². The van der Waals surface area contributed by atoms with Crippen LogP contribution in [0.5, 0.6) is 0 Å². The summed E-state index contributed by atoms with van der Waals surface area (Å²) < 4.78 is 0. The van der Waals surface area contributed by atoms with Crippen molar-refractivity contribution in [2.24, 2.45) is 5.41 Å². The third-order valence-corrected chi connectivity index (χ3v) is 4.30. The van der Waals surface area contributed by atoms with Gasteiger partial charge in [-0.2, -0.15) is 0 Å². The first kappa shape index (κ1) is 14.4. The summed E-state index contributed by atoms with van der Waals surface area (Å²) in [6, 6.07) is 9.12. The van der Waals surface area contributed by atoms with Gasteiger partial charge in [-0.25, -0.2) is 0 Å². The number of benzene rings is 1. The third-order valence-electron chi connectivity index (χ3n) is 4.30. The first-order valence-corrected chi connectivity index (χ1v) is 7.55. The Bertz CT molecular complexity index is 383. The first-order chi connectivity index (χ1) is 9.09. The fourth-order valence-corrected chi connectivity index (χ4v) is 2.94. The smallest absolute Gasteiger partial charge is 0.0471 e. The van der Waals surface area contributed by atoms with E-state index in [1.807, 2.05) is 0 Å². The van der Waals surface area contributed by atoms with Crippen LogP contribution in [0.2, 0.25) is 0 Å². The van der Waals surface area contributed by atoms with Gasteiger partial charge in [-0.05, 0) is 55.2 Å². The first-order valence-electron chi connectivity index (χ1n) is 7.55. The lowest BCUT2D eigenvalue weighted by atomic mass is 9.85. The van der Waals surface area contributed by atoms with Crippen LogP contribution in [-0.2, 0) is 6.42 Å². The van der Waals surface area contributed by atoms with E-state index in [9.17, 15) is 0 Å². The standard InChI is InChI=1S/C17H27NO/c1-17(2)11-3-4-15(9-12-17)18-16-7-5-14(6-8-16)10-13-19/h5-8,15,18-19H,3-4,9-13H2,1-2H3. The van der Waals surface area contributed by atoms with E-state index in [0.29, 0.717) is 11.5 Å². The highest BCUT2D eigenvalue weighted by atomic mass is 16.2. The van der Waals surface area contributed by atoms with E-state index >= 15 is 0 Å². The summed E-state index contributed by atoms with van der Waals surface area (Å²) in [5.41, 5.74) is 2.93. The second kappa shape index (κ2) is 6.42. The van der Waals surface area contributed by atoms with Crippen LogP contribution in [-0.4, -0.2) is 17.8 Å². The van der Waals surface area contributed by atoms with E-state index in [1.54, 1.807) is 0 Å². The van der Waals surface area contributed by atoms with Gasteiger partial charge >= 0.3 is 0 Å². The Labute approximate surface area is 117 Å². The van der Waals surface area contributed by atoms with Gasteiger partial charge in [-0.15, -0.1) is 0 Å². The van der Waals surface area contributed by atoms with E-state index < -0.39 is 0 Å². The SMILES string of the molecule is CC1(C)CCCC(Nc2ccc(CCO)cc2)CC1. The lowest BCUT2D eigenvalue weighted by Gasteiger charge is -2.22. The van der Waals surface area contributed by atoms with Crippen molar-refractivity contribution in [1.29, 1.82) is 0 Å². The summed E-state index contributed by atoms with van der Waals surface area (Å²) in [6.45, 7) is 5.00. The van der Waals surface area contributed by atoms with Gasteiger partial charge in [-0.3, -0.25) is 0 Å². The quantitative estimate of drug-likeness (QED) is 0.803. The molecule has 2 N–H and O–H groups in total. The molecule has 0 amide bonds. The average Bonchev–Trinajstić information content (AvgIpc) is 2.54. The fourth-order valence-electron chi connectivity index (χ4n) is 2.94.